The molecule has 3 heteroatoms. The molecule has 34 heavy (non-hydrogen) atoms. The normalized spacial score (nSPS) is 20.8. The molecule has 1 aliphatic heterocycles. The molecular weight excluding hydrogens is 518 g/mol. The Morgan fingerprint density at radius 3 is 1.56 bits per heavy atom. The van der Waals surface area contributed by atoms with Gasteiger partial charge in [0.25, 0.3) is 0 Å². The van der Waals surface area contributed by atoms with E-state index < -0.39 is 5.59 Å². The van der Waals surface area contributed by atoms with E-state index in [0.717, 1.165) is 34.5 Å². The molecule has 1 unspecified atom stereocenters. The number of para-hydroxylation sites is 1. The van der Waals surface area contributed by atoms with E-state index >= 15 is 0 Å². The van der Waals surface area contributed by atoms with E-state index in [1.165, 1.54) is 32.1 Å². The summed E-state index contributed by atoms with van der Waals surface area (Å²) in [4.78, 5) is 3.14. The third-order valence-electron chi connectivity index (χ3n) is 9.72. The van der Waals surface area contributed by atoms with Crippen LogP contribution in [0.25, 0.3) is 0 Å². The number of aryl methyl sites for hydroxylation is 2. The van der Waals surface area contributed by atoms with Crippen LogP contribution in [0.1, 0.15) is 126 Å². The van der Waals surface area contributed by atoms with Crippen LogP contribution in [-0.2, 0) is 29.5 Å². The fourth-order valence-corrected chi connectivity index (χ4v) is 24.4. The third kappa shape index (κ3) is 4.95. The second-order valence-electron chi connectivity index (χ2n) is 11.9. The fraction of sp³-hybridized carbons (Fsp3) is 0.806. The minimum absolute atomic E-state index is 0.293. The summed E-state index contributed by atoms with van der Waals surface area (Å²) in [6.07, 6.45) is 8.85. The van der Waals surface area contributed by atoms with Gasteiger partial charge in [-0.3, -0.25) is 0 Å². The Hall–Kier alpha value is 0.0734. The summed E-state index contributed by atoms with van der Waals surface area (Å²) < 4.78 is 0.742. The first-order valence-corrected chi connectivity index (χ1v) is 20.2. The van der Waals surface area contributed by atoms with E-state index in [-0.39, 0.29) is 0 Å². The number of rotatable bonds is 12. The monoisotopic (exact) mass is 577 g/mol. The van der Waals surface area contributed by atoms with E-state index in [2.05, 4.69) is 106 Å². The van der Waals surface area contributed by atoms with E-state index in [1.807, 2.05) is 0 Å². The van der Waals surface area contributed by atoms with Crippen molar-refractivity contribution >= 4 is 11.3 Å². The van der Waals surface area contributed by atoms with Crippen molar-refractivity contribution in [2.24, 2.45) is 5.41 Å². The first-order valence-electron chi connectivity index (χ1n) is 14.5. The quantitative estimate of drug-likeness (QED) is 0.177. The van der Waals surface area contributed by atoms with Crippen LogP contribution in [0.4, 0.5) is 5.69 Å². The van der Waals surface area contributed by atoms with Crippen LogP contribution in [-0.4, -0.2) is 27.2 Å². The van der Waals surface area contributed by atoms with Gasteiger partial charge in [-0.1, -0.05) is 0 Å². The molecule has 0 aromatic heterocycles. The Bertz CT molecular complexity index is 732. The number of hydrogen-bond donors (Lipinski definition) is 0. The molecule has 1 aromatic rings. The average Bonchev–Trinajstić information content (AvgIpc) is 3.10. The molecule has 2 rings (SSSR count). The van der Waals surface area contributed by atoms with Crippen LogP contribution in [0.2, 0.25) is 0 Å². The van der Waals surface area contributed by atoms with E-state index in [9.17, 15) is 0 Å². The molecule has 200 valence electrons. The maximum absolute atomic E-state index is 3.14. The molecule has 1 nitrogen and oxygen atoms in total. The van der Waals surface area contributed by atoms with E-state index in [0.29, 0.717) is 27.6 Å². The molecule has 0 amide bonds. The summed E-state index contributed by atoms with van der Waals surface area (Å²) in [7, 11) is 0. The number of anilines is 1. The first-order chi connectivity index (χ1) is 16.0. The van der Waals surface area contributed by atoms with Crippen molar-refractivity contribution in [1.82, 2.24) is 0 Å². The van der Waals surface area contributed by atoms with Gasteiger partial charge < -0.3 is 0 Å². The van der Waals surface area contributed by atoms with Crippen LogP contribution < -0.4 is 4.90 Å². The standard InChI is InChI=1S/C22H36N.C9H21P.Ru/c1-7-18-14-13-15-19(8-2)20(18)23-17-21(9-3,10-4)16-22(23,11-5)12-6;1-7(2)10(8(3)4)9(5)6;/h13-15,17H,7-12,16H2,1-6H3;7-9H,1-6H3;/q;;-1/p+1. The van der Waals surface area contributed by atoms with E-state index in [1.54, 1.807) is 16.8 Å². The SMILES string of the molecule is CCc1cccc(CC)c1N1[CH]([Ru][PH](C(C)C)(C(C)C)C(C)C)C(CC)(CC)CC1(CC)CC. The number of benzene rings is 1. The summed E-state index contributed by atoms with van der Waals surface area (Å²) in [6.45, 7) is 30.3. The predicted molar refractivity (Wildman–Crippen MR) is 156 cm³/mol. The molecule has 0 N–H and O–H groups in total. The van der Waals surface area contributed by atoms with Crippen molar-refractivity contribution in [3.05, 3.63) is 29.3 Å². The molecule has 0 saturated carbocycles. The van der Waals surface area contributed by atoms with Crippen molar-refractivity contribution in [1.29, 1.82) is 0 Å². The summed E-state index contributed by atoms with van der Waals surface area (Å²) in [5.74, 6) is 0. The van der Waals surface area contributed by atoms with Gasteiger partial charge in [-0.05, 0) is 0 Å². The fourth-order valence-electron chi connectivity index (χ4n) is 7.54. The second kappa shape index (κ2) is 12.1. The van der Waals surface area contributed by atoms with Gasteiger partial charge in [0.05, 0.1) is 0 Å². The Morgan fingerprint density at radius 2 is 1.24 bits per heavy atom. The van der Waals surface area contributed by atoms with Crippen LogP contribution in [0.15, 0.2) is 18.2 Å². The summed E-state index contributed by atoms with van der Waals surface area (Å²) >= 11 is 0.293. The van der Waals surface area contributed by atoms with E-state index in [4.69, 9.17) is 0 Å². The van der Waals surface area contributed by atoms with Crippen molar-refractivity contribution < 1.29 is 16.6 Å². The Kier molecular flexibility index (Phi) is 10.8. The van der Waals surface area contributed by atoms with Crippen LogP contribution >= 0.6 is 5.59 Å². The van der Waals surface area contributed by atoms with Gasteiger partial charge in [-0.15, -0.1) is 0 Å². The molecule has 0 bridgehead atoms. The molecule has 0 aliphatic carbocycles. The zero-order valence-corrected chi connectivity index (χ0v) is 27.5. The molecule has 1 saturated heterocycles. The van der Waals surface area contributed by atoms with Gasteiger partial charge in [-0.25, -0.2) is 0 Å². The van der Waals surface area contributed by atoms with Gasteiger partial charge in [0.2, 0.25) is 0 Å². The molecule has 1 atom stereocenters. The molecule has 0 spiro atoms. The average molecular weight is 577 g/mol. The summed E-state index contributed by atoms with van der Waals surface area (Å²) in [6, 6.07) is 7.20. The molecule has 1 fully saturated rings. The van der Waals surface area contributed by atoms with Crippen LogP contribution in [0, 0.1) is 5.41 Å². The second-order valence-corrected chi connectivity index (χ2v) is 24.1. The molecule has 1 aliphatic rings. The van der Waals surface area contributed by atoms with Crippen LogP contribution in [0.3, 0.4) is 0 Å². The van der Waals surface area contributed by atoms with Crippen molar-refractivity contribution in [3.8, 4) is 0 Å². The molecule has 1 heterocycles. The molecule has 0 radical (unpaired) electrons. The Morgan fingerprint density at radius 1 is 0.794 bits per heavy atom. The Labute approximate surface area is 222 Å². The minimum atomic E-state index is -1.48. The van der Waals surface area contributed by atoms with Crippen molar-refractivity contribution in [3.63, 3.8) is 0 Å². The molecular formula is C31H58NPRu. The number of nitrogens with zero attached hydrogens (tertiary/aromatic N) is 1. The summed E-state index contributed by atoms with van der Waals surface area (Å²) in [5.41, 5.74) is 6.65. The third-order valence-corrected chi connectivity index (χ3v) is 30.1. The first kappa shape index (κ1) is 30.3. The predicted octanol–water partition coefficient (Wildman–Crippen LogP) is 9.69. The van der Waals surface area contributed by atoms with Gasteiger partial charge in [0, 0.05) is 0 Å². The zero-order valence-electron chi connectivity index (χ0n) is 24.8. The van der Waals surface area contributed by atoms with Crippen molar-refractivity contribution in [2.75, 3.05) is 4.90 Å². The zero-order chi connectivity index (χ0) is 25.9. The van der Waals surface area contributed by atoms with Crippen molar-refractivity contribution in [2.45, 2.75) is 155 Å². The number of hydrogen-bond acceptors (Lipinski definition) is 1. The van der Waals surface area contributed by atoms with Gasteiger partial charge in [0.1, 0.15) is 0 Å². The van der Waals surface area contributed by atoms with Gasteiger partial charge in [-0.2, -0.15) is 0 Å². The van der Waals surface area contributed by atoms with Gasteiger partial charge >= 0.3 is 223 Å². The van der Waals surface area contributed by atoms with Gasteiger partial charge in [0.15, 0.2) is 0 Å². The Balaban J connectivity index is 2.93. The maximum atomic E-state index is 3.14. The topological polar surface area (TPSA) is 3.24 Å². The molecule has 1 aromatic carbocycles. The van der Waals surface area contributed by atoms with Crippen LogP contribution in [0.5, 0.6) is 0 Å². The summed E-state index contributed by atoms with van der Waals surface area (Å²) in [5, 5.41) is 0.